The summed E-state index contributed by atoms with van der Waals surface area (Å²) in [5.41, 5.74) is 3.69. The van der Waals surface area contributed by atoms with Gasteiger partial charge in [-0.2, -0.15) is 5.10 Å². The number of benzene rings is 2. The molecule has 0 atom stereocenters. The summed E-state index contributed by atoms with van der Waals surface area (Å²) in [7, 11) is 0. The molecule has 3 amide bonds. The van der Waals surface area contributed by atoms with Crippen LogP contribution in [0, 0.1) is 25.6 Å². The van der Waals surface area contributed by atoms with Gasteiger partial charge in [0.2, 0.25) is 5.91 Å². The van der Waals surface area contributed by atoms with Gasteiger partial charge in [0.05, 0.1) is 17.1 Å². The number of carbonyl (C=O) groups is 2. The highest BCUT2D eigenvalue weighted by atomic mass is 19.1. The minimum absolute atomic E-state index is 0.0689. The first-order valence-corrected chi connectivity index (χ1v) is 12.1. The fraction of sp³-hybridized carbons (Fsp3) is 0.393. The third-order valence-electron chi connectivity index (χ3n) is 5.65. The van der Waals surface area contributed by atoms with Gasteiger partial charge in [0.25, 0.3) is 0 Å². The number of amides is 3. The number of carbonyl (C=O) groups excluding carboxylic acids is 2. The fourth-order valence-corrected chi connectivity index (χ4v) is 3.84. The molecule has 0 aliphatic carbocycles. The van der Waals surface area contributed by atoms with Crippen LogP contribution in [0.15, 0.2) is 48.5 Å². The van der Waals surface area contributed by atoms with E-state index >= 15 is 0 Å². The molecule has 2 aromatic carbocycles. The Hall–Kier alpha value is -3.68. The van der Waals surface area contributed by atoms with E-state index in [4.69, 9.17) is 5.10 Å². The maximum Gasteiger partial charge on any atom is 0.322 e. The number of aromatic nitrogens is 2. The van der Waals surface area contributed by atoms with Gasteiger partial charge in [-0.1, -0.05) is 64.4 Å². The van der Waals surface area contributed by atoms with Gasteiger partial charge in [-0.15, -0.1) is 0 Å². The van der Waals surface area contributed by atoms with E-state index in [2.05, 4.69) is 37.5 Å². The van der Waals surface area contributed by atoms with Gasteiger partial charge in [0.1, 0.15) is 18.2 Å². The molecule has 0 unspecified atom stereocenters. The highest BCUT2D eigenvalue weighted by Crippen LogP contribution is 2.28. The second-order valence-electron chi connectivity index (χ2n) is 10.6. The Bertz CT molecular complexity index is 1240. The standard InChI is InChI=1S/C28H36FN5O2/c1-18(2)16-33(27(36)30-22-11-9-8-10-21(22)29)17-26(35)31-25-15-24(28(5,6)7)32-34(25)23-13-12-19(3)14-20(23)4/h8-15,18H,16-17H2,1-7H3,(H,30,36)(H,31,35). The van der Waals surface area contributed by atoms with Gasteiger partial charge in [0.15, 0.2) is 0 Å². The molecule has 1 heterocycles. The van der Waals surface area contributed by atoms with Gasteiger partial charge in [0, 0.05) is 18.0 Å². The Labute approximate surface area is 212 Å². The van der Waals surface area contributed by atoms with Crippen LogP contribution in [-0.4, -0.2) is 39.7 Å². The lowest BCUT2D eigenvalue weighted by molar-refractivity contribution is -0.116. The number of nitrogens with one attached hydrogen (secondary N) is 2. The van der Waals surface area contributed by atoms with Crippen LogP contribution < -0.4 is 10.6 Å². The molecule has 0 bridgehead atoms. The number of anilines is 2. The molecule has 8 heteroatoms. The number of nitrogens with zero attached hydrogens (tertiary/aromatic N) is 3. The highest BCUT2D eigenvalue weighted by Gasteiger charge is 2.24. The molecule has 1 aromatic heterocycles. The largest absolute Gasteiger partial charge is 0.322 e. The summed E-state index contributed by atoms with van der Waals surface area (Å²) in [4.78, 5) is 27.5. The van der Waals surface area contributed by atoms with E-state index in [1.54, 1.807) is 16.8 Å². The Morgan fingerprint density at radius 3 is 2.36 bits per heavy atom. The summed E-state index contributed by atoms with van der Waals surface area (Å²) >= 11 is 0. The zero-order valence-electron chi connectivity index (χ0n) is 22.1. The molecule has 36 heavy (non-hydrogen) atoms. The lowest BCUT2D eigenvalue weighted by Gasteiger charge is -2.24. The zero-order chi connectivity index (χ0) is 26.6. The maximum atomic E-state index is 14.1. The number of hydrogen-bond donors (Lipinski definition) is 2. The van der Waals surface area contributed by atoms with E-state index in [9.17, 15) is 14.0 Å². The monoisotopic (exact) mass is 493 g/mol. The van der Waals surface area contributed by atoms with Crippen molar-refractivity contribution in [2.45, 2.75) is 53.9 Å². The molecule has 0 fully saturated rings. The molecule has 0 aliphatic heterocycles. The maximum absolute atomic E-state index is 14.1. The number of halogens is 1. The van der Waals surface area contributed by atoms with Crippen molar-refractivity contribution in [3.8, 4) is 5.69 Å². The van der Waals surface area contributed by atoms with Crippen LogP contribution in [0.25, 0.3) is 5.69 Å². The Morgan fingerprint density at radius 2 is 1.75 bits per heavy atom. The van der Waals surface area contributed by atoms with Gasteiger partial charge in [-0.25, -0.2) is 13.9 Å². The van der Waals surface area contributed by atoms with E-state index in [0.717, 1.165) is 22.5 Å². The molecule has 3 aromatic rings. The third-order valence-corrected chi connectivity index (χ3v) is 5.65. The van der Waals surface area contributed by atoms with Crippen LogP contribution in [0.1, 0.15) is 51.4 Å². The second-order valence-corrected chi connectivity index (χ2v) is 10.6. The second kappa shape index (κ2) is 10.9. The average molecular weight is 494 g/mol. The van der Waals surface area contributed by atoms with E-state index in [0.29, 0.717) is 12.4 Å². The van der Waals surface area contributed by atoms with Crippen molar-refractivity contribution in [2.24, 2.45) is 5.92 Å². The quantitative estimate of drug-likeness (QED) is 0.420. The van der Waals surface area contributed by atoms with E-state index < -0.39 is 11.8 Å². The first-order valence-electron chi connectivity index (χ1n) is 12.1. The van der Waals surface area contributed by atoms with Crippen LogP contribution in [-0.2, 0) is 10.2 Å². The summed E-state index contributed by atoms with van der Waals surface area (Å²) < 4.78 is 15.8. The number of urea groups is 1. The number of rotatable bonds is 7. The smallest absolute Gasteiger partial charge is 0.315 e. The lowest BCUT2D eigenvalue weighted by Crippen LogP contribution is -2.42. The summed E-state index contributed by atoms with van der Waals surface area (Å²) in [6.45, 7) is 14.2. The Balaban J connectivity index is 1.86. The molecule has 3 rings (SSSR count). The molecule has 0 saturated heterocycles. The molecule has 0 aliphatic rings. The molecule has 0 spiro atoms. The molecule has 0 radical (unpaired) electrons. The summed E-state index contributed by atoms with van der Waals surface area (Å²) in [6.07, 6.45) is 0. The average Bonchev–Trinajstić information content (AvgIpc) is 3.18. The minimum atomic E-state index is -0.540. The van der Waals surface area contributed by atoms with Crippen LogP contribution in [0.2, 0.25) is 0 Å². The minimum Gasteiger partial charge on any atom is -0.315 e. The summed E-state index contributed by atoms with van der Waals surface area (Å²) in [6, 6.07) is 13.3. The number of para-hydroxylation sites is 1. The van der Waals surface area contributed by atoms with Crippen molar-refractivity contribution in [3.63, 3.8) is 0 Å². The molecule has 0 saturated carbocycles. The van der Waals surface area contributed by atoms with E-state index in [1.807, 2.05) is 45.9 Å². The summed E-state index contributed by atoms with van der Waals surface area (Å²) in [5.74, 6) is -0.272. The van der Waals surface area contributed by atoms with Crippen LogP contribution >= 0.6 is 0 Å². The van der Waals surface area contributed by atoms with Crippen molar-refractivity contribution in [1.82, 2.24) is 14.7 Å². The molecular weight excluding hydrogens is 457 g/mol. The topological polar surface area (TPSA) is 79.3 Å². The van der Waals surface area contributed by atoms with Gasteiger partial charge >= 0.3 is 6.03 Å². The van der Waals surface area contributed by atoms with Crippen LogP contribution in [0.4, 0.5) is 20.7 Å². The zero-order valence-corrected chi connectivity index (χ0v) is 22.1. The van der Waals surface area contributed by atoms with Gasteiger partial charge in [-0.3, -0.25) is 4.79 Å². The first kappa shape index (κ1) is 26.9. The SMILES string of the molecule is Cc1ccc(-n2nc(C(C)(C)C)cc2NC(=O)CN(CC(C)C)C(=O)Nc2ccccc2F)c(C)c1. The molecule has 192 valence electrons. The van der Waals surface area contributed by atoms with Crippen molar-refractivity contribution in [2.75, 3.05) is 23.7 Å². The predicted molar refractivity (Wildman–Crippen MR) is 142 cm³/mol. The van der Waals surface area contributed by atoms with E-state index in [-0.39, 0.29) is 29.5 Å². The van der Waals surface area contributed by atoms with Gasteiger partial charge < -0.3 is 15.5 Å². The highest BCUT2D eigenvalue weighted by molar-refractivity contribution is 5.96. The third kappa shape index (κ3) is 6.71. The van der Waals surface area contributed by atoms with Crippen molar-refractivity contribution < 1.29 is 14.0 Å². The lowest BCUT2D eigenvalue weighted by atomic mass is 9.92. The van der Waals surface area contributed by atoms with Crippen molar-refractivity contribution >= 4 is 23.4 Å². The normalized spacial score (nSPS) is 11.5. The van der Waals surface area contributed by atoms with Crippen molar-refractivity contribution in [3.05, 3.63) is 71.2 Å². The van der Waals surface area contributed by atoms with Crippen LogP contribution in [0.3, 0.4) is 0 Å². The first-order chi connectivity index (χ1) is 16.8. The number of hydrogen-bond acceptors (Lipinski definition) is 3. The van der Waals surface area contributed by atoms with E-state index in [1.165, 1.54) is 17.0 Å². The Morgan fingerprint density at radius 1 is 1.06 bits per heavy atom. The van der Waals surface area contributed by atoms with Gasteiger partial charge in [-0.05, 0) is 43.5 Å². The van der Waals surface area contributed by atoms with Crippen molar-refractivity contribution in [1.29, 1.82) is 0 Å². The predicted octanol–water partition coefficient (Wildman–Crippen LogP) is 6.05. The summed E-state index contributed by atoms with van der Waals surface area (Å²) in [5, 5.41) is 10.3. The number of aryl methyl sites for hydroxylation is 2. The molecular formula is C28H36FN5O2. The fourth-order valence-electron chi connectivity index (χ4n) is 3.84. The van der Waals surface area contributed by atoms with Crippen LogP contribution in [0.5, 0.6) is 0 Å². The Kier molecular flexibility index (Phi) is 8.17. The molecule has 7 nitrogen and oxygen atoms in total. The molecule has 2 N–H and O–H groups in total.